The quantitative estimate of drug-likeness (QED) is 0.552. The third-order valence-corrected chi connectivity index (χ3v) is 5.65. The van der Waals surface area contributed by atoms with Crippen molar-refractivity contribution in [1.29, 1.82) is 0 Å². The molecule has 2 heterocycles. The van der Waals surface area contributed by atoms with Gasteiger partial charge < -0.3 is 24.9 Å². The normalized spacial score (nSPS) is 19.4. The fourth-order valence-corrected chi connectivity index (χ4v) is 4.19. The number of phenolic OH excluding ortho intramolecular Hbond substituents is 1. The number of benzene rings is 2. The Hall–Kier alpha value is -2.79. The number of phenols is 1. The molecule has 5 nitrogen and oxygen atoms in total. The van der Waals surface area contributed by atoms with E-state index in [0.717, 1.165) is 47.4 Å². The van der Waals surface area contributed by atoms with E-state index in [2.05, 4.69) is 10.2 Å². The highest BCUT2D eigenvalue weighted by molar-refractivity contribution is 5.92. The van der Waals surface area contributed by atoms with E-state index in [-0.39, 0.29) is 5.75 Å². The molecule has 2 aliphatic heterocycles. The highest BCUT2D eigenvalue weighted by atomic mass is 16.5. The van der Waals surface area contributed by atoms with E-state index < -0.39 is 6.04 Å². The molecule has 1 fully saturated rings. The Morgan fingerprint density at radius 2 is 1.93 bits per heavy atom. The molecule has 1 atom stereocenters. The fourth-order valence-electron chi connectivity index (χ4n) is 4.19. The first kappa shape index (κ1) is 19.5. The van der Waals surface area contributed by atoms with E-state index in [1.807, 2.05) is 30.3 Å². The van der Waals surface area contributed by atoms with E-state index in [0.29, 0.717) is 6.61 Å². The highest BCUT2D eigenvalue weighted by Gasteiger charge is 2.28. The van der Waals surface area contributed by atoms with Gasteiger partial charge in [-0.3, -0.25) is 0 Å². The predicted molar refractivity (Wildman–Crippen MR) is 114 cm³/mol. The van der Waals surface area contributed by atoms with E-state index in [1.54, 1.807) is 18.2 Å². The first-order chi connectivity index (χ1) is 14.3. The van der Waals surface area contributed by atoms with Crippen LogP contribution in [0.25, 0.3) is 11.5 Å². The third-order valence-electron chi connectivity index (χ3n) is 5.65. The number of aldehydes is 1. The van der Waals surface area contributed by atoms with Crippen molar-refractivity contribution < 1.29 is 14.6 Å². The van der Waals surface area contributed by atoms with Crippen LogP contribution in [0.3, 0.4) is 0 Å². The van der Waals surface area contributed by atoms with Crippen LogP contribution in [0.2, 0.25) is 0 Å². The van der Waals surface area contributed by atoms with Crippen molar-refractivity contribution in [3.63, 3.8) is 0 Å². The number of piperidine rings is 1. The lowest BCUT2D eigenvalue weighted by Crippen LogP contribution is -2.31. The van der Waals surface area contributed by atoms with Gasteiger partial charge in [-0.2, -0.15) is 0 Å². The van der Waals surface area contributed by atoms with Gasteiger partial charge in [-0.25, -0.2) is 0 Å². The molecule has 152 valence electrons. The second-order valence-corrected chi connectivity index (χ2v) is 7.70. The van der Waals surface area contributed by atoms with Crippen molar-refractivity contribution in [3.8, 4) is 5.75 Å². The summed E-state index contributed by atoms with van der Waals surface area (Å²) in [6, 6.07) is 14.4. The number of nitrogens with zero attached hydrogens (tertiary/aromatic N) is 1. The van der Waals surface area contributed by atoms with E-state index >= 15 is 0 Å². The van der Waals surface area contributed by atoms with Crippen LogP contribution in [0.4, 0.5) is 0 Å². The fraction of sp³-hybridized carbons (Fsp3) is 0.375. The Labute approximate surface area is 172 Å². The summed E-state index contributed by atoms with van der Waals surface area (Å²) in [6.07, 6.45) is 5.79. The van der Waals surface area contributed by atoms with Gasteiger partial charge in [-0.05, 0) is 50.0 Å². The summed E-state index contributed by atoms with van der Waals surface area (Å²) in [5.74, 6) is 0.922. The van der Waals surface area contributed by atoms with Crippen LogP contribution in [-0.4, -0.2) is 42.5 Å². The molecule has 2 aromatic rings. The molecule has 2 aromatic carbocycles. The van der Waals surface area contributed by atoms with Crippen LogP contribution in [0.1, 0.15) is 48.4 Å². The van der Waals surface area contributed by atoms with Crippen LogP contribution in [0.15, 0.2) is 48.5 Å². The minimum Gasteiger partial charge on any atom is -0.508 e. The molecule has 0 spiro atoms. The molecule has 1 unspecified atom stereocenters. The molecule has 2 aliphatic rings. The number of rotatable bonds is 7. The Morgan fingerprint density at radius 3 is 2.72 bits per heavy atom. The standard InChI is InChI=1S/C24H28N2O3/c27-17-22-20-10-2-3-11-21(20)24(23(25-22)18-8-6-9-19(28)16-18)29-15-7-14-26-12-4-1-5-13-26/h2-3,6,8-11,16-17,22,25,28H,1,4-5,7,12-15H2. The van der Waals surface area contributed by atoms with Crippen molar-refractivity contribution in [2.24, 2.45) is 0 Å². The maximum Gasteiger partial charge on any atom is 0.150 e. The summed E-state index contributed by atoms with van der Waals surface area (Å²) < 4.78 is 6.29. The summed E-state index contributed by atoms with van der Waals surface area (Å²) >= 11 is 0. The zero-order valence-corrected chi connectivity index (χ0v) is 16.6. The number of carbonyl (C=O) groups excluding carboxylic acids is 1. The molecule has 0 amide bonds. The second kappa shape index (κ2) is 9.14. The van der Waals surface area contributed by atoms with Crippen LogP contribution in [-0.2, 0) is 9.53 Å². The van der Waals surface area contributed by atoms with Crippen molar-refractivity contribution in [2.45, 2.75) is 31.7 Å². The summed E-state index contributed by atoms with van der Waals surface area (Å²) in [5, 5.41) is 13.2. The first-order valence-electron chi connectivity index (χ1n) is 10.5. The SMILES string of the molecule is O=CC1NC(c2cccc(O)c2)=C(OCCCN2CCCCC2)c2ccccc21. The van der Waals surface area contributed by atoms with Crippen LogP contribution < -0.4 is 5.32 Å². The Morgan fingerprint density at radius 1 is 1.10 bits per heavy atom. The molecule has 0 aliphatic carbocycles. The van der Waals surface area contributed by atoms with Crippen LogP contribution in [0.5, 0.6) is 5.75 Å². The predicted octanol–water partition coefficient (Wildman–Crippen LogP) is 3.95. The Balaban J connectivity index is 1.58. The molecule has 0 aromatic heterocycles. The molecule has 2 N–H and O–H groups in total. The summed E-state index contributed by atoms with van der Waals surface area (Å²) in [7, 11) is 0. The van der Waals surface area contributed by atoms with E-state index in [4.69, 9.17) is 4.74 Å². The number of hydrogen-bond acceptors (Lipinski definition) is 5. The number of carbonyl (C=O) groups is 1. The molecule has 0 radical (unpaired) electrons. The van der Waals surface area contributed by atoms with E-state index in [9.17, 15) is 9.90 Å². The molecule has 29 heavy (non-hydrogen) atoms. The lowest BCUT2D eigenvalue weighted by atomic mass is 9.93. The smallest absolute Gasteiger partial charge is 0.150 e. The van der Waals surface area contributed by atoms with Gasteiger partial charge in [0.05, 0.1) is 12.3 Å². The van der Waals surface area contributed by atoms with Gasteiger partial charge in [0, 0.05) is 17.7 Å². The minimum atomic E-state index is -0.441. The van der Waals surface area contributed by atoms with Gasteiger partial charge >= 0.3 is 0 Å². The van der Waals surface area contributed by atoms with E-state index in [1.165, 1.54) is 32.4 Å². The summed E-state index contributed by atoms with van der Waals surface area (Å²) in [6.45, 7) is 4.02. The Bertz CT molecular complexity index is 887. The van der Waals surface area contributed by atoms with Crippen molar-refractivity contribution in [3.05, 3.63) is 65.2 Å². The number of aromatic hydroxyl groups is 1. The molecule has 0 saturated carbocycles. The lowest BCUT2D eigenvalue weighted by Gasteiger charge is -2.30. The summed E-state index contributed by atoms with van der Waals surface area (Å²) in [5.41, 5.74) is 3.39. The topological polar surface area (TPSA) is 61.8 Å². The first-order valence-corrected chi connectivity index (χ1v) is 10.5. The average Bonchev–Trinajstić information content (AvgIpc) is 2.77. The number of nitrogens with one attached hydrogen (secondary N) is 1. The van der Waals surface area contributed by atoms with Crippen molar-refractivity contribution >= 4 is 17.7 Å². The monoisotopic (exact) mass is 392 g/mol. The molecular formula is C24H28N2O3. The molecular weight excluding hydrogens is 364 g/mol. The van der Waals surface area contributed by atoms with Gasteiger partial charge in [0.15, 0.2) is 5.76 Å². The second-order valence-electron chi connectivity index (χ2n) is 7.70. The van der Waals surface area contributed by atoms with Crippen LogP contribution in [0, 0.1) is 0 Å². The number of ether oxygens (including phenoxy) is 1. The zero-order chi connectivity index (χ0) is 20.1. The average molecular weight is 392 g/mol. The molecule has 4 rings (SSSR count). The van der Waals surface area contributed by atoms with Gasteiger partial charge in [0.1, 0.15) is 18.1 Å². The molecule has 0 bridgehead atoms. The lowest BCUT2D eigenvalue weighted by molar-refractivity contribution is -0.109. The maximum atomic E-state index is 11.7. The summed E-state index contributed by atoms with van der Waals surface area (Å²) in [4.78, 5) is 14.2. The molecule has 1 saturated heterocycles. The van der Waals surface area contributed by atoms with Gasteiger partial charge in [-0.15, -0.1) is 0 Å². The maximum absolute atomic E-state index is 11.7. The number of likely N-dealkylation sites (tertiary alicyclic amines) is 1. The highest BCUT2D eigenvalue weighted by Crippen LogP contribution is 2.37. The van der Waals surface area contributed by atoms with Gasteiger partial charge in [-0.1, -0.05) is 42.8 Å². The largest absolute Gasteiger partial charge is 0.508 e. The zero-order valence-electron chi connectivity index (χ0n) is 16.6. The van der Waals surface area contributed by atoms with Gasteiger partial charge in [0.25, 0.3) is 0 Å². The number of hydrogen-bond donors (Lipinski definition) is 2. The Kier molecular flexibility index (Phi) is 6.15. The van der Waals surface area contributed by atoms with Crippen molar-refractivity contribution in [1.82, 2.24) is 10.2 Å². The van der Waals surface area contributed by atoms with Crippen molar-refractivity contribution in [2.75, 3.05) is 26.2 Å². The third kappa shape index (κ3) is 4.46. The minimum absolute atomic E-state index is 0.183. The van der Waals surface area contributed by atoms with Gasteiger partial charge in [0.2, 0.25) is 0 Å². The number of fused-ring (bicyclic) bond motifs is 1. The van der Waals surface area contributed by atoms with Crippen LogP contribution >= 0.6 is 0 Å². The molecule has 5 heteroatoms.